The summed E-state index contributed by atoms with van der Waals surface area (Å²) in [5, 5.41) is 12.4. The highest BCUT2D eigenvalue weighted by Gasteiger charge is 2.34. The molecule has 3 rings (SSSR count). The summed E-state index contributed by atoms with van der Waals surface area (Å²) in [6, 6.07) is 6.81. The Hall–Kier alpha value is -3.18. The van der Waals surface area contributed by atoms with E-state index in [1.807, 2.05) is 4.90 Å². The number of carboxylic acids is 1. The maximum absolute atomic E-state index is 12.3. The van der Waals surface area contributed by atoms with Crippen molar-refractivity contribution in [2.24, 2.45) is 10.9 Å². The Morgan fingerprint density at radius 1 is 1.20 bits per heavy atom. The number of aliphatic carboxylic acids is 1. The van der Waals surface area contributed by atoms with Crippen LogP contribution in [0.15, 0.2) is 29.4 Å². The molecule has 1 amide bonds. The van der Waals surface area contributed by atoms with Gasteiger partial charge < -0.3 is 20.4 Å². The van der Waals surface area contributed by atoms with Gasteiger partial charge in [0.1, 0.15) is 6.10 Å². The highest BCUT2D eigenvalue weighted by Crippen LogP contribution is 2.23. The van der Waals surface area contributed by atoms with Gasteiger partial charge in [0.15, 0.2) is 5.84 Å². The molecule has 2 fully saturated rings. The summed E-state index contributed by atoms with van der Waals surface area (Å²) in [4.78, 5) is 44.0. The van der Waals surface area contributed by atoms with Crippen molar-refractivity contribution < 1.29 is 29.1 Å². The Morgan fingerprint density at radius 2 is 1.83 bits per heavy atom. The number of amides is 1. The zero-order chi connectivity index (χ0) is 21.7. The minimum Gasteiger partial charge on any atom is -0.480 e. The van der Waals surface area contributed by atoms with E-state index in [0.29, 0.717) is 37.4 Å². The van der Waals surface area contributed by atoms with Crippen molar-refractivity contribution in [3.05, 3.63) is 29.8 Å². The van der Waals surface area contributed by atoms with E-state index in [9.17, 15) is 14.4 Å². The lowest BCUT2D eigenvalue weighted by atomic mass is 10.2. The van der Waals surface area contributed by atoms with E-state index >= 15 is 0 Å². The maximum atomic E-state index is 12.3. The summed E-state index contributed by atoms with van der Waals surface area (Å²) < 4.78 is 5.50. The van der Waals surface area contributed by atoms with Crippen LogP contribution in [0.3, 0.4) is 0 Å². The summed E-state index contributed by atoms with van der Waals surface area (Å²) in [6.45, 7) is 5.11. The van der Waals surface area contributed by atoms with Gasteiger partial charge in [-0.2, -0.15) is 0 Å². The largest absolute Gasteiger partial charge is 0.480 e. The first-order valence-corrected chi connectivity index (χ1v) is 9.58. The van der Waals surface area contributed by atoms with Crippen molar-refractivity contribution in [1.29, 1.82) is 0 Å². The fourth-order valence-electron chi connectivity index (χ4n) is 3.41. The highest BCUT2D eigenvalue weighted by molar-refractivity contribution is 5.98. The number of benzene rings is 1. The minimum atomic E-state index is -0.825. The monoisotopic (exact) mass is 419 g/mol. The average Bonchev–Trinajstić information content (AvgIpc) is 3.07. The fraction of sp³-hybridized carbons (Fsp3) is 0.474. The Bertz CT molecular complexity index is 819. The molecular weight excluding hydrogens is 394 g/mol. The fourth-order valence-corrected chi connectivity index (χ4v) is 3.41. The number of hydrogen-bond donors (Lipinski definition) is 2. The van der Waals surface area contributed by atoms with E-state index < -0.39 is 18.0 Å². The van der Waals surface area contributed by atoms with Crippen LogP contribution in [0.25, 0.3) is 0 Å². The topological polar surface area (TPSA) is 138 Å². The number of rotatable bonds is 7. The number of anilines is 1. The van der Waals surface area contributed by atoms with Gasteiger partial charge in [0.25, 0.3) is 0 Å². The van der Waals surface area contributed by atoms with Crippen LogP contribution in [0.2, 0.25) is 0 Å². The molecule has 1 atom stereocenters. The zero-order valence-electron chi connectivity index (χ0n) is 16.7. The lowest BCUT2D eigenvalue weighted by Crippen LogP contribution is -2.50. The van der Waals surface area contributed by atoms with E-state index in [0.717, 1.165) is 13.1 Å². The standard InChI is InChI=1S/C19H25N5O6/c1-13(25)30-21-18(20)14-2-4-15(5-3-14)24-11-16(29-19(24)28)10-22-6-8-23(9-7-22)12-17(26)27/h2-5,16H,6-12H2,1H3,(H2,20,21)(H,26,27)/t16-/m1/s1. The van der Waals surface area contributed by atoms with Gasteiger partial charge in [-0.3, -0.25) is 19.5 Å². The third-order valence-corrected chi connectivity index (χ3v) is 4.91. The summed E-state index contributed by atoms with van der Waals surface area (Å²) in [5.74, 6) is -1.33. The summed E-state index contributed by atoms with van der Waals surface area (Å²) in [7, 11) is 0. The molecule has 1 aromatic rings. The first-order chi connectivity index (χ1) is 14.3. The van der Waals surface area contributed by atoms with Gasteiger partial charge in [-0.15, -0.1) is 0 Å². The molecule has 0 bridgehead atoms. The number of carboxylic acid groups (broad SMARTS) is 1. The van der Waals surface area contributed by atoms with Crippen molar-refractivity contribution in [2.45, 2.75) is 13.0 Å². The Morgan fingerprint density at radius 3 is 2.43 bits per heavy atom. The Kier molecular flexibility index (Phi) is 6.85. The van der Waals surface area contributed by atoms with Crippen LogP contribution in [-0.4, -0.2) is 90.7 Å². The molecule has 11 heteroatoms. The molecule has 11 nitrogen and oxygen atoms in total. The quantitative estimate of drug-likeness (QED) is 0.268. The molecule has 2 aliphatic rings. The molecule has 0 radical (unpaired) electrons. The third kappa shape index (κ3) is 5.67. The smallest absolute Gasteiger partial charge is 0.414 e. The molecule has 0 aliphatic carbocycles. The highest BCUT2D eigenvalue weighted by atomic mass is 16.7. The molecule has 2 saturated heterocycles. The zero-order valence-corrected chi connectivity index (χ0v) is 16.7. The predicted octanol–water partition coefficient (Wildman–Crippen LogP) is -0.103. The molecule has 0 unspecified atom stereocenters. The average molecular weight is 419 g/mol. The van der Waals surface area contributed by atoms with Gasteiger partial charge in [0.2, 0.25) is 0 Å². The van der Waals surface area contributed by atoms with E-state index in [1.54, 1.807) is 29.2 Å². The second kappa shape index (κ2) is 9.55. The lowest BCUT2D eigenvalue weighted by molar-refractivity contribution is -0.141. The van der Waals surface area contributed by atoms with Gasteiger partial charge in [-0.1, -0.05) is 5.16 Å². The normalized spacial score (nSPS) is 20.8. The van der Waals surface area contributed by atoms with Crippen molar-refractivity contribution in [3.8, 4) is 0 Å². The Labute approximate surface area is 173 Å². The number of carbonyl (C=O) groups is 3. The first-order valence-electron chi connectivity index (χ1n) is 9.58. The summed E-state index contributed by atoms with van der Waals surface area (Å²) >= 11 is 0. The minimum absolute atomic E-state index is 0.0477. The molecule has 0 aromatic heterocycles. The van der Waals surface area contributed by atoms with Crippen LogP contribution in [0, 0.1) is 0 Å². The maximum Gasteiger partial charge on any atom is 0.414 e. The molecule has 162 valence electrons. The van der Waals surface area contributed by atoms with Crippen molar-refractivity contribution in [3.63, 3.8) is 0 Å². The number of oxime groups is 1. The van der Waals surface area contributed by atoms with Gasteiger partial charge in [0, 0.05) is 50.9 Å². The van der Waals surface area contributed by atoms with E-state index in [-0.39, 0.29) is 18.5 Å². The summed E-state index contributed by atoms with van der Waals surface area (Å²) in [5.41, 5.74) is 6.99. The van der Waals surface area contributed by atoms with Crippen LogP contribution in [-0.2, 0) is 19.2 Å². The SMILES string of the molecule is CC(=O)O/N=C(/N)c1ccc(N2C[C@@H](CN3CCN(CC(=O)O)CC3)OC2=O)cc1. The number of nitrogens with two attached hydrogens (primary N) is 1. The number of piperazine rings is 1. The number of cyclic esters (lactones) is 1. The summed E-state index contributed by atoms with van der Waals surface area (Å²) in [6.07, 6.45) is -0.683. The number of nitrogens with zero attached hydrogens (tertiary/aromatic N) is 4. The number of hydrogen-bond acceptors (Lipinski definition) is 8. The molecule has 0 saturated carbocycles. The van der Waals surface area contributed by atoms with Crippen LogP contribution in [0.4, 0.5) is 10.5 Å². The van der Waals surface area contributed by atoms with Crippen LogP contribution in [0.1, 0.15) is 12.5 Å². The second-order valence-corrected chi connectivity index (χ2v) is 7.19. The second-order valence-electron chi connectivity index (χ2n) is 7.19. The van der Waals surface area contributed by atoms with Gasteiger partial charge in [0.05, 0.1) is 13.1 Å². The van der Waals surface area contributed by atoms with E-state index in [4.69, 9.17) is 15.6 Å². The van der Waals surface area contributed by atoms with E-state index in [2.05, 4.69) is 14.9 Å². The molecule has 0 spiro atoms. The molecular formula is C19H25N5O6. The van der Waals surface area contributed by atoms with Crippen molar-refractivity contribution >= 4 is 29.6 Å². The molecule has 1 aromatic carbocycles. The number of ether oxygens (including phenoxy) is 1. The van der Waals surface area contributed by atoms with Crippen LogP contribution in [0.5, 0.6) is 0 Å². The third-order valence-electron chi connectivity index (χ3n) is 4.91. The Balaban J connectivity index is 1.53. The molecule has 3 N–H and O–H groups in total. The van der Waals surface area contributed by atoms with Gasteiger partial charge in [-0.25, -0.2) is 9.59 Å². The molecule has 2 heterocycles. The lowest BCUT2D eigenvalue weighted by Gasteiger charge is -2.34. The predicted molar refractivity (Wildman–Crippen MR) is 107 cm³/mol. The number of amidine groups is 1. The van der Waals surface area contributed by atoms with Crippen molar-refractivity contribution in [2.75, 3.05) is 50.7 Å². The van der Waals surface area contributed by atoms with Crippen LogP contribution < -0.4 is 10.6 Å². The van der Waals surface area contributed by atoms with Crippen LogP contribution >= 0.6 is 0 Å². The molecule has 2 aliphatic heterocycles. The van der Waals surface area contributed by atoms with E-state index in [1.165, 1.54) is 6.92 Å². The van der Waals surface area contributed by atoms with Gasteiger partial charge in [-0.05, 0) is 24.3 Å². The first kappa shape index (κ1) is 21.5. The van der Waals surface area contributed by atoms with Gasteiger partial charge >= 0.3 is 18.0 Å². The molecule has 30 heavy (non-hydrogen) atoms. The van der Waals surface area contributed by atoms with Crippen molar-refractivity contribution in [1.82, 2.24) is 9.80 Å². The number of carbonyl (C=O) groups excluding carboxylic acids is 2.